The predicted octanol–water partition coefficient (Wildman–Crippen LogP) is 1.14. The minimum Gasteiger partial charge on any atom is -0.481 e. The zero-order valence-corrected chi connectivity index (χ0v) is 12.9. The second-order valence-corrected chi connectivity index (χ2v) is 6.57. The normalized spacial score (nSPS) is 33.7. The van der Waals surface area contributed by atoms with Crippen LogP contribution in [-0.2, 0) is 19.1 Å². The van der Waals surface area contributed by atoms with E-state index >= 15 is 0 Å². The molecule has 0 spiro atoms. The molecular weight excluding hydrogens is 274 g/mol. The molecule has 2 aliphatic rings. The van der Waals surface area contributed by atoms with Crippen molar-refractivity contribution < 1.29 is 24.2 Å². The zero-order chi connectivity index (χ0) is 15.5. The third kappa shape index (κ3) is 3.21. The average molecular weight is 299 g/mol. The maximum Gasteiger partial charge on any atom is 0.313 e. The van der Waals surface area contributed by atoms with Crippen LogP contribution in [0.2, 0.25) is 0 Å². The Morgan fingerprint density at radius 2 is 2.10 bits per heavy atom. The number of aliphatic carboxylic acids is 1. The maximum atomic E-state index is 12.8. The van der Waals surface area contributed by atoms with Gasteiger partial charge in [-0.05, 0) is 32.6 Å². The lowest BCUT2D eigenvalue weighted by atomic mass is 9.78. The molecular formula is C15H25NO5. The van der Waals surface area contributed by atoms with Gasteiger partial charge in [-0.25, -0.2) is 0 Å². The van der Waals surface area contributed by atoms with Gasteiger partial charge in [0.2, 0.25) is 5.91 Å². The van der Waals surface area contributed by atoms with E-state index in [0.717, 1.165) is 12.8 Å². The van der Waals surface area contributed by atoms with E-state index in [1.54, 1.807) is 4.90 Å². The number of ether oxygens (including phenoxy) is 2. The third-order valence-corrected chi connectivity index (χ3v) is 4.69. The number of carbonyl (C=O) groups excluding carboxylic acids is 1. The van der Waals surface area contributed by atoms with E-state index in [1.165, 1.54) is 7.11 Å². The van der Waals surface area contributed by atoms with E-state index in [4.69, 9.17) is 9.47 Å². The molecule has 2 unspecified atom stereocenters. The smallest absolute Gasteiger partial charge is 0.313 e. The second-order valence-electron chi connectivity index (χ2n) is 6.57. The van der Waals surface area contributed by atoms with Crippen molar-refractivity contribution in [3.05, 3.63) is 0 Å². The van der Waals surface area contributed by atoms with Crippen LogP contribution in [0, 0.1) is 10.8 Å². The van der Waals surface area contributed by atoms with E-state index < -0.39 is 16.8 Å². The zero-order valence-electron chi connectivity index (χ0n) is 12.9. The van der Waals surface area contributed by atoms with Gasteiger partial charge in [0.25, 0.3) is 0 Å². The number of rotatable bonds is 4. The van der Waals surface area contributed by atoms with Crippen LogP contribution in [0.1, 0.15) is 32.6 Å². The van der Waals surface area contributed by atoms with Crippen LogP contribution in [-0.4, -0.2) is 61.9 Å². The van der Waals surface area contributed by atoms with Gasteiger partial charge in [0.1, 0.15) is 5.41 Å². The molecule has 2 rings (SSSR count). The highest BCUT2D eigenvalue weighted by molar-refractivity contribution is 5.84. The summed E-state index contributed by atoms with van der Waals surface area (Å²) in [5.41, 5.74) is -1.50. The van der Waals surface area contributed by atoms with Gasteiger partial charge in [0, 0.05) is 26.8 Å². The average Bonchev–Trinajstić information content (AvgIpc) is 2.47. The molecule has 120 valence electrons. The summed E-state index contributed by atoms with van der Waals surface area (Å²) in [5, 5.41) is 9.55. The number of hydrogen-bond acceptors (Lipinski definition) is 4. The lowest BCUT2D eigenvalue weighted by Gasteiger charge is -2.43. The van der Waals surface area contributed by atoms with E-state index in [9.17, 15) is 14.7 Å². The second kappa shape index (κ2) is 6.32. The summed E-state index contributed by atoms with van der Waals surface area (Å²) in [7, 11) is 1.50. The molecule has 6 nitrogen and oxygen atoms in total. The van der Waals surface area contributed by atoms with Gasteiger partial charge >= 0.3 is 5.97 Å². The summed E-state index contributed by atoms with van der Waals surface area (Å²) in [6.07, 6.45) is 2.91. The van der Waals surface area contributed by atoms with Gasteiger partial charge in [-0.15, -0.1) is 0 Å². The Balaban J connectivity index is 2.12. The van der Waals surface area contributed by atoms with Crippen LogP contribution in [0.4, 0.5) is 0 Å². The Hall–Kier alpha value is -1.14. The first-order chi connectivity index (χ1) is 9.93. The van der Waals surface area contributed by atoms with Crippen molar-refractivity contribution in [1.29, 1.82) is 0 Å². The van der Waals surface area contributed by atoms with E-state index in [-0.39, 0.29) is 19.1 Å². The lowest BCUT2D eigenvalue weighted by Crippen LogP contribution is -2.56. The molecule has 2 atom stereocenters. The minimum atomic E-state index is -0.978. The van der Waals surface area contributed by atoms with Gasteiger partial charge < -0.3 is 19.5 Å². The molecule has 2 fully saturated rings. The fourth-order valence-corrected chi connectivity index (χ4v) is 3.42. The summed E-state index contributed by atoms with van der Waals surface area (Å²) < 4.78 is 10.6. The van der Waals surface area contributed by atoms with Crippen LogP contribution in [0.25, 0.3) is 0 Å². The number of piperidine rings is 1. The summed E-state index contributed by atoms with van der Waals surface area (Å²) in [6, 6.07) is 0. The molecule has 0 aromatic heterocycles. The fraction of sp³-hybridized carbons (Fsp3) is 0.867. The highest BCUT2D eigenvalue weighted by Crippen LogP contribution is 2.36. The van der Waals surface area contributed by atoms with Gasteiger partial charge in [0.05, 0.1) is 18.6 Å². The standard InChI is InChI=1S/C15H25NO5/c1-14(5-4-8-21-10-14)12(17)16-7-3-6-15(9-16,11-20-2)13(18)19/h3-11H2,1-2H3,(H,18,19). The van der Waals surface area contributed by atoms with Crippen LogP contribution >= 0.6 is 0 Å². The number of hydrogen-bond donors (Lipinski definition) is 1. The number of carboxylic acid groups (broad SMARTS) is 1. The quantitative estimate of drug-likeness (QED) is 0.842. The molecule has 0 saturated carbocycles. The van der Waals surface area contributed by atoms with Crippen molar-refractivity contribution >= 4 is 11.9 Å². The van der Waals surface area contributed by atoms with E-state index in [1.807, 2.05) is 6.92 Å². The summed E-state index contributed by atoms with van der Waals surface area (Å²) in [4.78, 5) is 26.1. The number of amides is 1. The lowest BCUT2D eigenvalue weighted by molar-refractivity contribution is -0.164. The summed E-state index contributed by atoms with van der Waals surface area (Å²) >= 11 is 0. The number of nitrogens with zero attached hydrogens (tertiary/aromatic N) is 1. The molecule has 0 bridgehead atoms. The fourth-order valence-electron chi connectivity index (χ4n) is 3.42. The van der Waals surface area contributed by atoms with Crippen molar-refractivity contribution in [3.8, 4) is 0 Å². The minimum absolute atomic E-state index is 0.0172. The molecule has 0 aromatic carbocycles. The van der Waals surface area contributed by atoms with Crippen LogP contribution in [0.15, 0.2) is 0 Å². The molecule has 21 heavy (non-hydrogen) atoms. The van der Waals surface area contributed by atoms with Crippen LogP contribution in [0.5, 0.6) is 0 Å². The van der Waals surface area contributed by atoms with Crippen molar-refractivity contribution in [2.45, 2.75) is 32.6 Å². The predicted molar refractivity (Wildman–Crippen MR) is 75.9 cm³/mol. The number of methoxy groups -OCH3 is 1. The van der Waals surface area contributed by atoms with Crippen LogP contribution in [0.3, 0.4) is 0 Å². The van der Waals surface area contributed by atoms with Crippen molar-refractivity contribution in [2.24, 2.45) is 10.8 Å². The molecule has 2 saturated heterocycles. The molecule has 1 amide bonds. The highest BCUT2D eigenvalue weighted by atomic mass is 16.5. The molecule has 0 radical (unpaired) electrons. The van der Waals surface area contributed by atoms with Crippen LogP contribution < -0.4 is 0 Å². The van der Waals surface area contributed by atoms with Crippen molar-refractivity contribution in [2.75, 3.05) is 40.0 Å². The van der Waals surface area contributed by atoms with Gasteiger partial charge in [-0.2, -0.15) is 0 Å². The molecule has 1 N–H and O–H groups in total. The monoisotopic (exact) mass is 299 g/mol. The highest BCUT2D eigenvalue weighted by Gasteiger charge is 2.47. The van der Waals surface area contributed by atoms with Crippen molar-refractivity contribution in [3.63, 3.8) is 0 Å². The van der Waals surface area contributed by atoms with Gasteiger partial charge in [-0.3, -0.25) is 9.59 Å². The summed E-state index contributed by atoms with van der Waals surface area (Å²) in [5.74, 6) is -0.865. The molecule has 2 aliphatic heterocycles. The molecule has 2 heterocycles. The number of likely N-dealkylation sites (tertiary alicyclic amines) is 1. The molecule has 0 aliphatic carbocycles. The Bertz CT molecular complexity index is 401. The first-order valence-corrected chi connectivity index (χ1v) is 7.53. The van der Waals surface area contributed by atoms with Gasteiger partial charge in [0.15, 0.2) is 0 Å². The Morgan fingerprint density at radius 3 is 2.67 bits per heavy atom. The number of carboxylic acids is 1. The molecule has 6 heteroatoms. The maximum absolute atomic E-state index is 12.8. The van der Waals surface area contributed by atoms with Crippen molar-refractivity contribution in [1.82, 2.24) is 4.90 Å². The Labute approximate surface area is 125 Å². The first kappa shape index (κ1) is 16.2. The third-order valence-electron chi connectivity index (χ3n) is 4.69. The number of carbonyl (C=O) groups is 2. The van der Waals surface area contributed by atoms with E-state index in [0.29, 0.717) is 32.6 Å². The Kier molecular flexibility index (Phi) is 4.88. The SMILES string of the molecule is COCC1(C(=O)O)CCCN(C(=O)C2(C)CCCOC2)C1. The largest absolute Gasteiger partial charge is 0.481 e. The summed E-state index contributed by atoms with van der Waals surface area (Å²) in [6.45, 7) is 4.03. The first-order valence-electron chi connectivity index (χ1n) is 7.53. The Morgan fingerprint density at radius 1 is 1.33 bits per heavy atom. The molecule has 0 aromatic rings. The van der Waals surface area contributed by atoms with Gasteiger partial charge in [-0.1, -0.05) is 0 Å². The van der Waals surface area contributed by atoms with E-state index in [2.05, 4.69) is 0 Å². The topological polar surface area (TPSA) is 76.1 Å².